The van der Waals surface area contributed by atoms with Crippen molar-refractivity contribution < 1.29 is 13.6 Å². The minimum Gasteiger partial charge on any atom is -0.338 e. The second kappa shape index (κ2) is 7.79. The van der Waals surface area contributed by atoms with E-state index in [0.717, 1.165) is 0 Å². The summed E-state index contributed by atoms with van der Waals surface area (Å²) in [5.41, 5.74) is 0.520. The fraction of sp³-hybridized carbons (Fsp3) is 0.389. The maximum atomic E-state index is 13.3. The van der Waals surface area contributed by atoms with Crippen molar-refractivity contribution in [1.29, 1.82) is 0 Å². The first-order valence-corrected chi connectivity index (χ1v) is 9.69. The molecule has 0 N–H and O–H groups in total. The van der Waals surface area contributed by atoms with Crippen LogP contribution >= 0.6 is 23.2 Å². The Morgan fingerprint density at radius 1 is 1.28 bits per heavy atom. The molecule has 2 atom stereocenters. The van der Waals surface area contributed by atoms with E-state index < -0.39 is 6.43 Å². The number of pyridine rings is 1. The number of rotatable bonds is 3. The molecule has 0 unspecified atom stereocenters. The van der Waals surface area contributed by atoms with E-state index in [1.165, 1.54) is 29.2 Å². The Bertz CT molecular complexity index is 1080. The number of carbonyl (C=O) groups is 1. The molecular formula is C18H16Cl2F2N6O. The van der Waals surface area contributed by atoms with Gasteiger partial charge in [-0.2, -0.15) is 10.1 Å². The van der Waals surface area contributed by atoms with Crippen LogP contribution in [0.5, 0.6) is 0 Å². The third-order valence-corrected chi connectivity index (χ3v) is 5.88. The molecule has 0 bridgehead atoms. The highest BCUT2D eigenvalue weighted by atomic mass is 35.5. The van der Waals surface area contributed by atoms with Gasteiger partial charge in [-0.3, -0.25) is 4.79 Å². The van der Waals surface area contributed by atoms with Gasteiger partial charge in [-0.05, 0) is 24.5 Å². The first kappa shape index (κ1) is 19.9. The van der Waals surface area contributed by atoms with Crippen molar-refractivity contribution in [1.82, 2.24) is 29.5 Å². The lowest BCUT2D eigenvalue weighted by Gasteiger charge is -2.37. The zero-order valence-corrected chi connectivity index (χ0v) is 16.8. The molecule has 4 rings (SSSR count). The van der Waals surface area contributed by atoms with E-state index in [2.05, 4.69) is 20.1 Å². The van der Waals surface area contributed by atoms with Gasteiger partial charge in [0.15, 0.2) is 0 Å². The quantitative estimate of drug-likeness (QED) is 0.574. The van der Waals surface area contributed by atoms with Crippen molar-refractivity contribution in [2.75, 3.05) is 13.1 Å². The molecule has 1 aliphatic rings. The number of likely N-dealkylation sites (tertiary alicyclic amines) is 1. The normalized spacial score (nSPS) is 19.9. The van der Waals surface area contributed by atoms with Gasteiger partial charge in [0.1, 0.15) is 17.2 Å². The molecule has 29 heavy (non-hydrogen) atoms. The largest absolute Gasteiger partial charge is 0.338 e. The number of halogens is 4. The summed E-state index contributed by atoms with van der Waals surface area (Å²) in [6, 6.07) is 2.82. The molecule has 1 amide bonds. The van der Waals surface area contributed by atoms with Crippen molar-refractivity contribution in [2.24, 2.45) is 5.92 Å². The Kier molecular flexibility index (Phi) is 5.35. The highest BCUT2D eigenvalue weighted by Crippen LogP contribution is 2.34. The minimum atomic E-state index is -2.73. The Labute approximate surface area is 174 Å². The summed E-state index contributed by atoms with van der Waals surface area (Å²) in [4.78, 5) is 26.4. The van der Waals surface area contributed by atoms with Crippen LogP contribution in [0.1, 0.15) is 47.4 Å². The summed E-state index contributed by atoms with van der Waals surface area (Å²) in [6.45, 7) is 2.89. The Morgan fingerprint density at radius 2 is 2.07 bits per heavy atom. The van der Waals surface area contributed by atoms with Crippen LogP contribution in [-0.2, 0) is 0 Å². The summed E-state index contributed by atoms with van der Waals surface area (Å²) in [6.07, 6.45) is 0.627. The van der Waals surface area contributed by atoms with Crippen molar-refractivity contribution in [3.63, 3.8) is 0 Å². The maximum absolute atomic E-state index is 13.3. The average Bonchev–Trinajstić information content (AvgIpc) is 3.18. The van der Waals surface area contributed by atoms with E-state index in [1.54, 1.807) is 4.90 Å². The zero-order chi connectivity index (χ0) is 20.7. The van der Waals surface area contributed by atoms with Crippen LogP contribution in [0, 0.1) is 5.92 Å². The average molecular weight is 441 g/mol. The second-order valence-corrected chi connectivity index (χ2v) is 7.76. The number of nitrogens with zero attached hydrogens (tertiary/aromatic N) is 6. The van der Waals surface area contributed by atoms with E-state index >= 15 is 0 Å². The number of hydrogen-bond donors (Lipinski definition) is 0. The van der Waals surface area contributed by atoms with E-state index in [1.807, 2.05) is 6.92 Å². The molecule has 1 fully saturated rings. The molecule has 0 spiro atoms. The summed E-state index contributed by atoms with van der Waals surface area (Å²) in [7, 11) is 0. The molecule has 0 aliphatic carbocycles. The van der Waals surface area contributed by atoms with E-state index in [-0.39, 0.29) is 39.4 Å². The van der Waals surface area contributed by atoms with Crippen LogP contribution in [0.4, 0.5) is 8.78 Å². The third kappa shape index (κ3) is 3.76. The molecule has 1 aliphatic heterocycles. The number of hydrogen-bond acceptors (Lipinski definition) is 5. The number of aromatic nitrogens is 5. The highest BCUT2D eigenvalue weighted by Gasteiger charge is 2.33. The van der Waals surface area contributed by atoms with Gasteiger partial charge in [0.25, 0.3) is 18.1 Å². The SMILES string of the molecule is C[C@@H]1CCN(C(=O)c2cnc(Cl)c(Cl)c2)C[C@H]1c1cc(C(F)F)nc2ncnn12. The Morgan fingerprint density at radius 3 is 2.79 bits per heavy atom. The van der Waals surface area contributed by atoms with Crippen LogP contribution in [0.25, 0.3) is 5.78 Å². The van der Waals surface area contributed by atoms with Crippen LogP contribution in [0.2, 0.25) is 10.2 Å². The predicted molar refractivity (Wildman–Crippen MR) is 102 cm³/mol. The van der Waals surface area contributed by atoms with Crippen LogP contribution in [0.15, 0.2) is 24.7 Å². The fourth-order valence-corrected chi connectivity index (χ4v) is 3.86. The zero-order valence-electron chi connectivity index (χ0n) is 15.3. The van der Waals surface area contributed by atoms with E-state index in [0.29, 0.717) is 30.8 Å². The van der Waals surface area contributed by atoms with Gasteiger partial charge in [-0.15, -0.1) is 0 Å². The van der Waals surface area contributed by atoms with Gasteiger partial charge in [0, 0.05) is 25.2 Å². The van der Waals surface area contributed by atoms with Gasteiger partial charge >= 0.3 is 0 Å². The molecule has 0 saturated carbocycles. The third-order valence-electron chi connectivity index (χ3n) is 5.19. The van der Waals surface area contributed by atoms with Crippen molar-refractivity contribution in [3.8, 4) is 0 Å². The number of piperidine rings is 1. The number of alkyl halides is 2. The van der Waals surface area contributed by atoms with Crippen LogP contribution in [0.3, 0.4) is 0 Å². The molecule has 3 aromatic rings. The van der Waals surface area contributed by atoms with E-state index in [9.17, 15) is 13.6 Å². The number of carbonyl (C=O) groups excluding carboxylic acids is 1. The molecule has 0 radical (unpaired) electrons. The Hall–Kier alpha value is -2.39. The summed E-state index contributed by atoms with van der Waals surface area (Å²) in [5.74, 6) is -0.201. The predicted octanol–water partition coefficient (Wildman–Crippen LogP) is 4.03. The van der Waals surface area contributed by atoms with Gasteiger partial charge in [0.05, 0.1) is 16.3 Å². The number of amides is 1. The standard InChI is InChI=1S/C18H16Cl2F2N6O/c1-9-2-3-27(17(29)10-4-12(19)15(20)23-6-10)7-11(9)14-5-13(16(21)22)26-18-24-8-25-28(14)18/h4-6,8-9,11,16H,2-3,7H2,1H3/t9-,11-/m1/s1. The smallest absolute Gasteiger partial charge is 0.280 e. The monoisotopic (exact) mass is 440 g/mol. The van der Waals surface area contributed by atoms with Gasteiger partial charge in [-0.1, -0.05) is 30.1 Å². The van der Waals surface area contributed by atoms with Gasteiger partial charge in [-0.25, -0.2) is 23.3 Å². The number of fused-ring (bicyclic) bond motifs is 1. The summed E-state index contributed by atoms with van der Waals surface area (Å²) >= 11 is 11.8. The van der Waals surface area contributed by atoms with Crippen molar-refractivity contribution >= 4 is 34.9 Å². The Balaban J connectivity index is 1.68. The van der Waals surface area contributed by atoms with E-state index in [4.69, 9.17) is 23.2 Å². The first-order valence-electron chi connectivity index (χ1n) is 8.94. The molecule has 11 heteroatoms. The molecule has 1 saturated heterocycles. The summed E-state index contributed by atoms with van der Waals surface area (Å²) < 4.78 is 28.1. The van der Waals surface area contributed by atoms with Crippen molar-refractivity contribution in [2.45, 2.75) is 25.7 Å². The molecule has 7 nitrogen and oxygen atoms in total. The minimum absolute atomic E-state index is 0.113. The lowest BCUT2D eigenvalue weighted by atomic mass is 9.84. The highest BCUT2D eigenvalue weighted by molar-refractivity contribution is 6.41. The molecule has 4 heterocycles. The molecule has 152 valence electrons. The van der Waals surface area contributed by atoms with Crippen molar-refractivity contribution in [3.05, 3.63) is 51.8 Å². The first-order chi connectivity index (χ1) is 13.8. The lowest BCUT2D eigenvalue weighted by Crippen LogP contribution is -2.42. The molecular weight excluding hydrogens is 425 g/mol. The summed E-state index contributed by atoms with van der Waals surface area (Å²) in [5, 5.41) is 4.45. The second-order valence-electron chi connectivity index (χ2n) is 7.00. The van der Waals surface area contributed by atoms with Gasteiger partial charge < -0.3 is 4.90 Å². The van der Waals surface area contributed by atoms with Crippen LogP contribution < -0.4 is 0 Å². The maximum Gasteiger partial charge on any atom is 0.280 e. The molecule has 3 aromatic heterocycles. The topological polar surface area (TPSA) is 76.3 Å². The fourth-order valence-electron chi connectivity index (χ4n) is 3.59. The lowest BCUT2D eigenvalue weighted by molar-refractivity contribution is 0.0665. The molecule has 0 aromatic carbocycles. The van der Waals surface area contributed by atoms with Gasteiger partial charge in [0.2, 0.25) is 0 Å². The van der Waals surface area contributed by atoms with Crippen LogP contribution in [-0.4, -0.2) is 48.5 Å².